The maximum absolute atomic E-state index is 9.76. The van der Waals surface area contributed by atoms with Gasteiger partial charge in [-0.15, -0.1) is 0 Å². The molecule has 2 aromatic rings. The number of hydrogen-bond donors (Lipinski definition) is 2. The van der Waals surface area contributed by atoms with Crippen LogP contribution in [0.3, 0.4) is 0 Å². The van der Waals surface area contributed by atoms with Gasteiger partial charge in [-0.05, 0) is 37.0 Å². The van der Waals surface area contributed by atoms with E-state index in [9.17, 15) is 5.11 Å². The van der Waals surface area contributed by atoms with Gasteiger partial charge in [0.05, 0.1) is 18.7 Å². The van der Waals surface area contributed by atoms with Crippen molar-refractivity contribution in [2.45, 2.75) is 38.3 Å². The first-order valence-electron chi connectivity index (χ1n) is 7.62. The Morgan fingerprint density at radius 3 is 2.57 bits per heavy atom. The van der Waals surface area contributed by atoms with E-state index in [4.69, 9.17) is 4.42 Å². The Hall–Kier alpha value is -1.58. The van der Waals surface area contributed by atoms with Crippen molar-refractivity contribution in [3.05, 3.63) is 59.5 Å². The van der Waals surface area contributed by atoms with Crippen LogP contribution >= 0.6 is 0 Å². The molecule has 0 spiro atoms. The van der Waals surface area contributed by atoms with E-state index in [2.05, 4.69) is 18.3 Å². The first-order chi connectivity index (χ1) is 10.1. The van der Waals surface area contributed by atoms with Crippen LogP contribution in [-0.2, 0) is 12.1 Å². The quantitative estimate of drug-likeness (QED) is 0.855. The molecule has 1 heterocycles. The van der Waals surface area contributed by atoms with Gasteiger partial charge >= 0.3 is 0 Å². The average molecular weight is 285 g/mol. The van der Waals surface area contributed by atoms with Crippen LogP contribution < -0.4 is 5.32 Å². The monoisotopic (exact) mass is 285 g/mol. The molecule has 3 heteroatoms. The number of nitrogens with one attached hydrogen (secondary N) is 1. The minimum Gasteiger partial charge on any atom is -0.464 e. The van der Waals surface area contributed by atoms with Gasteiger partial charge in [-0.25, -0.2) is 0 Å². The molecule has 1 aromatic heterocycles. The zero-order valence-corrected chi connectivity index (χ0v) is 12.7. The summed E-state index contributed by atoms with van der Waals surface area (Å²) in [6.07, 6.45) is 1.23. The molecule has 1 saturated carbocycles. The third-order valence-corrected chi connectivity index (χ3v) is 4.54. The molecule has 3 nitrogen and oxygen atoms in total. The van der Waals surface area contributed by atoms with E-state index >= 15 is 0 Å². The molecule has 1 aromatic carbocycles. The second-order valence-electron chi connectivity index (χ2n) is 6.33. The van der Waals surface area contributed by atoms with Crippen molar-refractivity contribution in [2.24, 2.45) is 5.92 Å². The van der Waals surface area contributed by atoms with Crippen LogP contribution in [0.15, 0.2) is 46.9 Å². The van der Waals surface area contributed by atoms with Crippen LogP contribution in [-0.4, -0.2) is 11.7 Å². The molecule has 2 N–H and O–H groups in total. The summed E-state index contributed by atoms with van der Waals surface area (Å²) >= 11 is 0. The minimum atomic E-state index is -0.457. The molecule has 3 unspecified atom stereocenters. The Bertz CT molecular complexity index is 592. The summed E-state index contributed by atoms with van der Waals surface area (Å²) in [7, 11) is 0. The third-order valence-electron chi connectivity index (χ3n) is 4.54. The fraction of sp³-hybridized carbons (Fsp3) is 0.444. The normalized spacial score (nSPS) is 23.8. The highest BCUT2D eigenvalue weighted by Crippen LogP contribution is 2.47. The predicted molar refractivity (Wildman–Crippen MR) is 82.9 cm³/mol. The van der Waals surface area contributed by atoms with E-state index in [-0.39, 0.29) is 6.61 Å². The van der Waals surface area contributed by atoms with Gasteiger partial charge in [0.2, 0.25) is 0 Å². The van der Waals surface area contributed by atoms with Crippen molar-refractivity contribution in [1.29, 1.82) is 0 Å². The van der Waals surface area contributed by atoms with E-state index in [1.54, 1.807) is 0 Å². The Morgan fingerprint density at radius 2 is 1.95 bits per heavy atom. The predicted octanol–water partition coefficient (Wildman–Crippen LogP) is 3.40. The highest BCUT2D eigenvalue weighted by Gasteiger charge is 2.36. The largest absolute Gasteiger partial charge is 0.464 e. The van der Waals surface area contributed by atoms with Gasteiger partial charge in [0, 0.05) is 5.92 Å². The molecule has 0 radical (unpaired) electrons. The summed E-state index contributed by atoms with van der Waals surface area (Å²) in [6, 6.07) is 14.1. The summed E-state index contributed by atoms with van der Waals surface area (Å²) in [6.45, 7) is 4.93. The SMILES string of the molecule is CC1CC1c1ccc(CNC(C)(CO)c2ccccc2)o1. The van der Waals surface area contributed by atoms with E-state index in [1.165, 1.54) is 6.42 Å². The van der Waals surface area contributed by atoms with Crippen LogP contribution in [0.1, 0.15) is 43.3 Å². The first kappa shape index (κ1) is 14.4. The molecule has 0 aliphatic heterocycles. The molecule has 112 valence electrons. The number of rotatable bonds is 6. The Balaban J connectivity index is 1.66. The lowest BCUT2D eigenvalue weighted by molar-refractivity contribution is 0.170. The first-order valence-corrected chi connectivity index (χ1v) is 7.62. The standard InChI is InChI=1S/C18H23NO2/c1-13-10-16(13)17-9-8-15(21-17)11-19-18(2,12-20)14-6-4-3-5-7-14/h3-9,13,16,19-20H,10-12H2,1-2H3. The molecule has 0 bridgehead atoms. The van der Waals surface area contributed by atoms with Gasteiger partial charge in [-0.3, -0.25) is 5.32 Å². The van der Waals surface area contributed by atoms with Crippen molar-refractivity contribution >= 4 is 0 Å². The van der Waals surface area contributed by atoms with Gasteiger partial charge in [-0.1, -0.05) is 37.3 Å². The van der Waals surface area contributed by atoms with Crippen molar-refractivity contribution in [1.82, 2.24) is 5.32 Å². The van der Waals surface area contributed by atoms with Crippen molar-refractivity contribution in [3.63, 3.8) is 0 Å². The lowest BCUT2D eigenvalue weighted by atomic mass is 9.93. The van der Waals surface area contributed by atoms with Crippen molar-refractivity contribution in [2.75, 3.05) is 6.61 Å². The summed E-state index contributed by atoms with van der Waals surface area (Å²) in [5, 5.41) is 13.2. The summed E-state index contributed by atoms with van der Waals surface area (Å²) in [5.41, 5.74) is 0.622. The topological polar surface area (TPSA) is 45.4 Å². The molecule has 1 fully saturated rings. The number of hydrogen-bond acceptors (Lipinski definition) is 3. The molecule has 1 aliphatic carbocycles. The maximum atomic E-state index is 9.76. The molecule has 0 amide bonds. The highest BCUT2D eigenvalue weighted by molar-refractivity contribution is 5.24. The highest BCUT2D eigenvalue weighted by atomic mass is 16.3. The van der Waals surface area contributed by atoms with E-state index in [0.717, 1.165) is 23.0 Å². The third kappa shape index (κ3) is 3.04. The van der Waals surface area contributed by atoms with E-state index in [0.29, 0.717) is 12.5 Å². The maximum Gasteiger partial charge on any atom is 0.117 e. The van der Waals surface area contributed by atoms with Crippen LogP contribution in [0.25, 0.3) is 0 Å². The average Bonchev–Trinajstić information content (AvgIpc) is 3.07. The van der Waals surface area contributed by atoms with Gasteiger partial charge in [0.25, 0.3) is 0 Å². The minimum absolute atomic E-state index is 0.0459. The smallest absolute Gasteiger partial charge is 0.117 e. The number of furan rings is 1. The zero-order valence-electron chi connectivity index (χ0n) is 12.7. The van der Waals surface area contributed by atoms with Crippen LogP contribution in [0.4, 0.5) is 0 Å². The van der Waals surface area contributed by atoms with Crippen molar-refractivity contribution < 1.29 is 9.52 Å². The number of aliphatic hydroxyl groups is 1. The molecule has 0 saturated heterocycles. The molecule has 3 atom stereocenters. The lowest BCUT2D eigenvalue weighted by Gasteiger charge is -2.29. The van der Waals surface area contributed by atoms with Gasteiger partial charge in [-0.2, -0.15) is 0 Å². The number of aliphatic hydroxyl groups excluding tert-OH is 1. The van der Waals surface area contributed by atoms with Gasteiger partial charge in [0.1, 0.15) is 11.5 Å². The second kappa shape index (κ2) is 5.66. The Labute approximate surface area is 126 Å². The van der Waals surface area contributed by atoms with Crippen LogP contribution in [0, 0.1) is 5.92 Å². The summed E-state index contributed by atoms with van der Waals surface area (Å²) in [4.78, 5) is 0. The Morgan fingerprint density at radius 1 is 1.24 bits per heavy atom. The number of benzene rings is 1. The summed E-state index contributed by atoms with van der Waals surface area (Å²) in [5.74, 6) is 3.39. The lowest BCUT2D eigenvalue weighted by Crippen LogP contribution is -2.42. The molecular formula is C18H23NO2. The van der Waals surface area contributed by atoms with Crippen LogP contribution in [0.5, 0.6) is 0 Å². The van der Waals surface area contributed by atoms with Gasteiger partial charge < -0.3 is 9.52 Å². The van der Waals surface area contributed by atoms with Gasteiger partial charge in [0.15, 0.2) is 0 Å². The molecule has 3 rings (SSSR count). The zero-order chi connectivity index (χ0) is 14.9. The second-order valence-corrected chi connectivity index (χ2v) is 6.33. The summed E-state index contributed by atoms with van der Waals surface area (Å²) < 4.78 is 5.91. The van der Waals surface area contributed by atoms with E-state index in [1.807, 2.05) is 43.3 Å². The fourth-order valence-corrected chi connectivity index (χ4v) is 2.74. The van der Waals surface area contributed by atoms with Crippen LogP contribution in [0.2, 0.25) is 0 Å². The molecular weight excluding hydrogens is 262 g/mol. The fourth-order valence-electron chi connectivity index (χ4n) is 2.74. The van der Waals surface area contributed by atoms with E-state index < -0.39 is 5.54 Å². The Kier molecular flexibility index (Phi) is 3.87. The molecule has 1 aliphatic rings. The van der Waals surface area contributed by atoms with Crippen molar-refractivity contribution in [3.8, 4) is 0 Å². The molecule has 21 heavy (non-hydrogen) atoms.